The number of carbonyl (C=O) groups is 1. The van der Waals surface area contributed by atoms with E-state index in [1.807, 2.05) is 84.9 Å². The highest BCUT2D eigenvalue weighted by Crippen LogP contribution is 2.60. The van der Waals surface area contributed by atoms with Crippen molar-refractivity contribution >= 4 is 64.1 Å². The van der Waals surface area contributed by atoms with Gasteiger partial charge in [-0.25, -0.2) is 9.97 Å². The molecule has 17 heteroatoms. The number of aromatic nitrogens is 2. The molecule has 0 fully saturated rings. The molecule has 0 bridgehead atoms. The van der Waals surface area contributed by atoms with E-state index in [-0.39, 0.29) is 18.1 Å². The molecule has 0 saturated carbocycles. The highest BCUT2D eigenvalue weighted by molar-refractivity contribution is 7.52. The lowest BCUT2D eigenvalue weighted by atomic mass is 9.85. The molecule has 2 heterocycles. The van der Waals surface area contributed by atoms with Crippen molar-refractivity contribution in [2.75, 3.05) is 0 Å². The predicted octanol–water partition coefficient (Wildman–Crippen LogP) is 11.6. The average Bonchev–Trinajstić information content (AvgIpc) is 3.90. The number of halogens is 4. The average molecular weight is 919 g/mol. The van der Waals surface area contributed by atoms with E-state index in [9.17, 15) is 31.5 Å². The van der Waals surface area contributed by atoms with Crippen LogP contribution in [0.2, 0.25) is 0 Å². The fraction of sp³-hybridized carbons (Fsp3) is 0.133. The van der Waals surface area contributed by atoms with Crippen molar-refractivity contribution < 1.29 is 51.1 Å². The Labute approximate surface area is 360 Å². The summed E-state index contributed by atoms with van der Waals surface area (Å²) in [5.41, 5.74) is -5.50. The van der Waals surface area contributed by atoms with E-state index in [1.165, 1.54) is 24.3 Å². The van der Waals surface area contributed by atoms with E-state index < -0.39 is 43.6 Å². The number of rotatable bonds is 13. The van der Waals surface area contributed by atoms with Gasteiger partial charge in [0.1, 0.15) is 10.0 Å². The number of benzene rings is 6. The monoisotopic (exact) mass is 918 g/mol. The third kappa shape index (κ3) is 9.86. The summed E-state index contributed by atoms with van der Waals surface area (Å²) in [7, 11) is -11.2. The van der Waals surface area contributed by atoms with Crippen LogP contribution in [0.15, 0.2) is 158 Å². The second-order valence-corrected chi connectivity index (χ2v) is 19.7. The highest BCUT2D eigenvalue weighted by atomic mass is 32.1. The minimum atomic E-state index is -5.62. The van der Waals surface area contributed by atoms with Gasteiger partial charge in [-0.05, 0) is 53.8 Å². The first-order chi connectivity index (χ1) is 29.4. The Bertz CT molecular complexity index is 2770. The van der Waals surface area contributed by atoms with Gasteiger partial charge < -0.3 is 19.6 Å². The maximum Gasteiger partial charge on any atom is 0.399 e. The topological polar surface area (TPSA) is 158 Å². The van der Waals surface area contributed by atoms with Gasteiger partial charge in [-0.15, -0.1) is 22.7 Å². The molecular formula is C45H36F4N2O7P2S2. The van der Waals surface area contributed by atoms with Gasteiger partial charge in [-0.3, -0.25) is 13.9 Å². The first kappa shape index (κ1) is 44.8. The Hall–Kier alpha value is -5.21. The summed E-state index contributed by atoms with van der Waals surface area (Å²) in [5.74, 6) is -0.805. The third-order valence-electron chi connectivity index (χ3n) is 10.0. The van der Waals surface area contributed by atoms with Crippen molar-refractivity contribution in [3.8, 4) is 0 Å². The predicted molar refractivity (Wildman–Crippen MR) is 233 cm³/mol. The molecule has 0 aliphatic carbocycles. The Morgan fingerprint density at radius 2 is 0.919 bits per heavy atom. The largest absolute Gasteiger partial charge is 0.399 e. The number of carbonyl (C=O) groups excluding carboxylic acids is 1. The van der Waals surface area contributed by atoms with Crippen LogP contribution in [0.4, 0.5) is 17.6 Å². The number of hydrogen-bond acceptors (Lipinski definition) is 7. The molecule has 62 heavy (non-hydrogen) atoms. The molecule has 4 N–H and O–H groups in total. The number of hydrogen-bond donors (Lipinski definition) is 4. The van der Waals surface area contributed by atoms with Crippen LogP contribution in [-0.2, 0) is 33.3 Å². The lowest BCUT2D eigenvalue weighted by Gasteiger charge is -2.19. The zero-order valence-corrected chi connectivity index (χ0v) is 35.6. The van der Waals surface area contributed by atoms with Crippen LogP contribution >= 0.6 is 37.9 Å². The summed E-state index contributed by atoms with van der Waals surface area (Å²) in [6.07, 6.45) is 0.723. The van der Waals surface area contributed by atoms with Crippen LogP contribution < -0.4 is 0 Å². The number of nitrogens with zero attached hydrogens (tertiary/aromatic N) is 2. The summed E-state index contributed by atoms with van der Waals surface area (Å²) in [5, 5.41) is 1.75. The first-order valence-electron chi connectivity index (χ1n) is 18.8. The summed E-state index contributed by atoms with van der Waals surface area (Å²) >= 11 is 3.15. The van der Waals surface area contributed by atoms with Gasteiger partial charge in [0.25, 0.3) is 0 Å². The molecule has 6 aromatic carbocycles. The van der Waals surface area contributed by atoms with Gasteiger partial charge in [-0.2, -0.15) is 17.6 Å². The Balaban J connectivity index is 0.000000188. The SMILES string of the molecule is O=C(c1ccccc1)C(Cc1ccc(C(F)(F)P(=O)(O)O)cc1)c1ccccc1.O=P(O)(O)C(F)(F)c1ccc(CC(c2nc3ccccc3s2)c2nc3ccccc3s2)cc1. The van der Waals surface area contributed by atoms with Crippen molar-refractivity contribution in [2.24, 2.45) is 0 Å². The van der Waals surface area contributed by atoms with E-state index in [0.29, 0.717) is 17.5 Å². The minimum absolute atomic E-state index is 0.0959. The number of fused-ring (bicyclic) bond motifs is 2. The molecule has 1 unspecified atom stereocenters. The molecule has 1 atom stereocenters. The molecule has 0 amide bonds. The number of Topliss-reactive ketones (excluding diaryl/α,β-unsaturated/α-hetero) is 1. The van der Waals surface area contributed by atoms with E-state index in [1.54, 1.807) is 46.9 Å². The maximum atomic E-state index is 14.0. The van der Waals surface area contributed by atoms with Crippen LogP contribution in [0.1, 0.15) is 60.0 Å². The second kappa shape index (κ2) is 18.3. The molecule has 0 aliphatic rings. The van der Waals surface area contributed by atoms with E-state index >= 15 is 0 Å². The van der Waals surface area contributed by atoms with Crippen molar-refractivity contribution in [1.82, 2.24) is 9.97 Å². The maximum absolute atomic E-state index is 14.0. The normalized spacial score (nSPS) is 12.9. The Kier molecular flexibility index (Phi) is 13.2. The minimum Gasteiger partial charge on any atom is -0.320 e. The molecule has 2 aromatic heterocycles. The third-order valence-corrected chi connectivity index (χ3v) is 14.3. The van der Waals surface area contributed by atoms with Crippen LogP contribution in [0, 0.1) is 0 Å². The zero-order valence-electron chi connectivity index (χ0n) is 32.2. The summed E-state index contributed by atoms with van der Waals surface area (Å²) in [4.78, 5) is 58.4. The first-order valence-corrected chi connectivity index (χ1v) is 23.7. The smallest absolute Gasteiger partial charge is 0.320 e. The molecule has 318 valence electrons. The van der Waals surface area contributed by atoms with Crippen LogP contribution in [0.3, 0.4) is 0 Å². The number of para-hydroxylation sites is 2. The summed E-state index contributed by atoms with van der Waals surface area (Å²) in [6.45, 7) is 0. The lowest BCUT2D eigenvalue weighted by Crippen LogP contribution is -2.16. The molecular weight excluding hydrogens is 883 g/mol. The zero-order chi connectivity index (χ0) is 44.3. The standard InChI is InChI=1S/C23H17F2N2O3PS2.C22H19F2O4P/c24-23(25,31(28,29)30)15-11-9-14(10-12-15)13-16(21-26-17-5-1-3-7-19(17)32-21)22-27-18-6-2-4-8-20(18)33-22;23-22(24,29(26,27)28)19-13-11-16(12-14-19)15-20(17-7-3-1-4-8-17)21(25)18-9-5-2-6-10-18/h1-12,16H,13H2,(H2,28,29,30);1-14,20H,15H2,(H2,26,27,28). The van der Waals surface area contributed by atoms with E-state index in [2.05, 4.69) is 0 Å². The molecule has 8 aromatic rings. The number of alkyl halides is 4. The molecule has 0 radical (unpaired) electrons. The van der Waals surface area contributed by atoms with Gasteiger partial charge in [0.2, 0.25) is 0 Å². The highest BCUT2D eigenvalue weighted by Gasteiger charge is 2.51. The van der Waals surface area contributed by atoms with Crippen LogP contribution in [-0.4, -0.2) is 35.3 Å². The van der Waals surface area contributed by atoms with Gasteiger partial charge in [0.15, 0.2) is 5.78 Å². The fourth-order valence-corrected chi connectivity index (χ4v) is 9.89. The number of thiazole rings is 2. The van der Waals surface area contributed by atoms with Crippen LogP contribution in [0.5, 0.6) is 0 Å². The number of ketones is 1. The summed E-state index contributed by atoms with van der Waals surface area (Å²) in [6, 6.07) is 43.5. The van der Waals surface area contributed by atoms with Crippen molar-refractivity contribution in [2.45, 2.75) is 36.0 Å². The lowest BCUT2D eigenvalue weighted by molar-refractivity contribution is 0.0564. The Morgan fingerprint density at radius 3 is 1.34 bits per heavy atom. The molecule has 0 spiro atoms. The molecule has 8 rings (SSSR count). The van der Waals surface area contributed by atoms with Crippen molar-refractivity contribution in [1.29, 1.82) is 0 Å². The molecule has 0 aliphatic heterocycles. The van der Waals surface area contributed by atoms with Gasteiger partial charge >= 0.3 is 26.5 Å². The summed E-state index contributed by atoms with van der Waals surface area (Å²) < 4.78 is 80.1. The Morgan fingerprint density at radius 1 is 0.532 bits per heavy atom. The fourth-order valence-electron chi connectivity index (χ4n) is 6.70. The van der Waals surface area contributed by atoms with Crippen molar-refractivity contribution in [3.05, 3.63) is 201 Å². The van der Waals surface area contributed by atoms with Crippen LogP contribution in [0.25, 0.3) is 20.4 Å². The van der Waals surface area contributed by atoms with Crippen molar-refractivity contribution in [3.63, 3.8) is 0 Å². The molecule has 9 nitrogen and oxygen atoms in total. The van der Waals surface area contributed by atoms with Gasteiger partial charge in [-0.1, -0.05) is 133 Å². The van der Waals surface area contributed by atoms with E-state index in [0.717, 1.165) is 65.8 Å². The second-order valence-electron chi connectivity index (χ2n) is 14.3. The van der Waals surface area contributed by atoms with Gasteiger partial charge in [0, 0.05) is 16.7 Å². The quantitative estimate of drug-likeness (QED) is 0.0502. The molecule has 0 saturated heterocycles. The van der Waals surface area contributed by atoms with E-state index in [4.69, 9.17) is 29.5 Å². The van der Waals surface area contributed by atoms with Gasteiger partial charge in [0.05, 0.1) is 32.3 Å².